The van der Waals surface area contributed by atoms with Crippen LogP contribution in [0.25, 0.3) is 0 Å². The van der Waals surface area contributed by atoms with E-state index in [1.54, 1.807) is 12.1 Å². The van der Waals surface area contributed by atoms with E-state index in [0.717, 1.165) is 24.2 Å². The number of nitrogens with zero attached hydrogens (tertiary/aromatic N) is 1. The zero-order chi connectivity index (χ0) is 16.1. The molecule has 1 fully saturated rings. The van der Waals surface area contributed by atoms with Crippen molar-refractivity contribution >= 4 is 35.8 Å². The van der Waals surface area contributed by atoms with Crippen molar-refractivity contribution in [2.24, 2.45) is 11.7 Å². The molecule has 0 heterocycles. The Kier molecular flexibility index (Phi) is 7.81. The van der Waals surface area contributed by atoms with E-state index in [2.05, 4.69) is 5.32 Å². The number of halogens is 1. The molecule has 23 heavy (non-hydrogen) atoms. The summed E-state index contributed by atoms with van der Waals surface area (Å²) in [6, 6.07) is 6.43. The van der Waals surface area contributed by atoms with Crippen LogP contribution in [-0.4, -0.2) is 28.7 Å². The maximum Gasteiger partial charge on any atom is 0.269 e. The fourth-order valence-electron chi connectivity index (χ4n) is 2.71. The highest BCUT2D eigenvalue weighted by Gasteiger charge is 2.28. The minimum atomic E-state index is -0.433. The second-order valence-electron chi connectivity index (χ2n) is 5.55. The fraction of sp³-hybridized carbons (Fsp3) is 0.533. The summed E-state index contributed by atoms with van der Waals surface area (Å²) in [4.78, 5) is 23.3. The van der Waals surface area contributed by atoms with Crippen LogP contribution in [0.3, 0.4) is 0 Å². The van der Waals surface area contributed by atoms with Gasteiger partial charge in [0.25, 0.3) is 5.69 Å². The highest BCUT2D eigenvalue weighted by Crippen LogP contribution is 2.28. The maximum atomic E-state index is 12.3. The first kappa shape index (κ1) is 19.7. The van der Waals surface area contributed by atoms with Crippen LogP contribution < -0.4 is 11.1 Å². The van der Waals surface area contributed by atoms with Crippen molar-refractivity contribution < 1.29 is 9.72 Å². The van der Waals surface area contributed by atoms with Crippen LogP contribution in [0.1, 0.15) is 26.2 Å². The van der Waals surface area contributed by atoms with Gasteiger partial charge in [-0.15, -0.1) is 24.2 Å². The first-order valence-electron chi connectivity index (χ1n) is 7.43. The molecule has 1 aromatic carbocycles. The Balaban J connectivity index is 0.00000264. The number of benzene rings is 1. The van der Waals surface area contributed by atoms with Gasteiger partial charge in [-0.1, -0.05) is 6.42 Å². The Labute approximate surface area is 146 Å². The van der Waals surface area contributed by atoms with Crippen LogP contribution in [0.5, 0.6) is 0 Å². The third-order valence-electron chi connectivity index (χ3n) is 4.02. The summed E-state index contributed by atoms with van der Waals surface area (Å²) in [6.07, 6.45) is 3.17. The van der Waals surface area contributed by atoms with Gasteiger partial charge in [0.15, 0.2) is 0 Å². The summed E-state index contributed by atoms with van der Waals surface area (Å²) in [7, 11) is 0. The third kappa shape index (κ3) is 5.37. The van der Waals surface area contributed by atoms with Gasteiger partial charge < -0.3 is 11.1 Å². The van der Waals surface area contributed by atoms with E-state index in [-0.39, 0.29) is 35.3 Å². The van der Waals surface area contributed by atoms with E-state index in [9.17, 15) is 14.9 Å². The number of amides is 1. The molecule has 0 radical (unpaired) electrons. The number of hydrogen-bond donors (Lipinski definition) is 2. The Morgan fingerprint density at radius 1 is 1.43 bits per heavy atom. The van der Waals surface area contributed by atoms with Crippen LogP contribution >= 0.6 is 24.2 Å². The largest absolute Gasteiger partial charge is 0.352 e. The number of hydrogen-bond acceptors (Lipinski definition) is 5. The first-order chi connectivity index (χ1) is 10.5. The molecule has 1 aliphatic rings. The normalized spacial score (nSPS) is 21.3. The number of nitro benzene ring substituents is 1. The molecule has 1 saturated carbocycles. The number of rotatable bonds is 6. The number of nitrogens with one attached hydrogen (secondary N) is 1. The van der Waals surface area contributed by atoms with Gasteiger partial charge in [-0.25, -0.2) is 0 Å². The van der Waals surface area contributed by atoms with Crippen LogP contribution in [0.2, 0.25) is 0 Å². The van der Waals surface area contributed by atoms with Gasteiger partial charge in [-0.3, -0.25) is 14.9 Å². The summed E-state index contributed by atoms with van der Waals surface area (Å²) in [5.74, 6) is 0.370. The lowest BCUT2D eigenvalue weighted by Gasteiger charge is -2.21. The molecule has 0 spiro atoms. The second kappa shape index (κ2) is 9.10. The Morgan fingerprint density at radius 2 is 2.09 bits per heavy atom. The molecule has 0 saturated heterocycles. The van der Waals surface area contributed by atoms with Crippen LogP contribution in [-0.2, 0) is 4.79 Å². The molecule has 128 valence electrons. The molecule has 6 nitrogen and oxygen atoms in total. The molecule has 3 N–H and O–H groups in total. The summed E-state index contributed by atoms with van der Waals surface area (Å²) >= 11 is 1.40. The minimum absolute atomic E-state index is 0. The van der Waals surface area contributed by atoms with Crippen molar-refractivity contribution in [2.45, 2.75) is 42.4 Å². The molecule has 8 heteroatoms. The van der Waals surface area contributed by atoms with Gasteiger partial charge >= 0.3 is 0 Å². The Bertz CT molecular complexity index is 541. The topological polar surface area (TPSA) is 98.3 Å². The Morgan fingerprint density at radius 3 is 2.65 bits per heavy atom. The van der Waals surface area contributed by atoms with Crippen LogP contribution in [0, 0.1) is 16.0 Å². The molecule has 0 aromatic heterocycles. The predicted octanol–water partition coefficient (Wildman–Crippen LogP) is 2.74. The molecule has 1 aliphatic carbocycles. The molecular weight excluding hydrogens is 338 g/mol. The number of thioether (sulfide) groups is 1. The molecule has 3 atom stereocenters. The van der Waals surface area contributed by atoms with Gasteiger partial charge in [-0.05, 0) is 44.4 Å². The van der Waals surface area contributed by atoms with Gasteiger partial charge in [-0.2, -0.15) is 0 Å². The molecule has 2 rings (SSSR count). The number of carbonyl (C=O) groups is 1. The zero-order valence-corrected chi connectivity index (χ0v) is 14.6. The highest BCUT2D eigenvalue weighted by atomic mass is 35.5. The summed E-state index contributed by atoms with van der Waals surface area (Å²) in [5, 5.41) is 13.5. The first-order valence-corrected chi connectivity index (χ1v) is 8.30. The van der Waals surface area contributed by atoms with Crippen molar-refractivity contribution in [3.8, 4) is 0 Å². The van der Waals surface area contributed by atoms with Gasteiger partial charge in [0.2, 0.25) is 5.91 Å². The van der Waals surface area contributed by atoms with Gasteiger partial charge in [0, 0.05) is 23.1 Å². The number of non-ortho nitro benzene ring substituents is 1. The summed E-state index contributed by atoms with van der Waals surface area (Å²) in [6.45, 7) is 2.45. The lowest BCUT2D eigenvalue weighted by atomic mass is 10.0. The Hall–Kier alpha value is -1.31. The quantitative estimate of drug-likeness (QED) is 0.462. The fourth-order valence-corrected chi connectivity index (χ4v) is 3.59. The zero-order valence-electron chi connectivity index (χ0n) is 12.9. The smallest absolute Gasteiger partial charge is 0.269 e. The number of nitrogens with two attached hydrogens (primary N) is 1. The molecule has 0 bridgehead atoms. The molecule has 1 aromatic rings. The van der Waals surface area contributed by atoms with Crippen LogP contribution in [0.15, 0.2) is 29.2 Å². The third-order valence-corrected chi connectivity index (χ3v) is 5.13. The molecule has 3 unspecified atom stereocenters. The SMILES string of the molecule is CC(Sc1ccc([N+](=O)[O-])cc1)C(=O)NC1CCCC1CN.Cl. The van der Waals surface area contributed by atoms with E-state index in [4.69, 9.17) is 5.73 Å². The maximum absolute atomic E-state index is 12.3. The van der Waals surface area contributed by atoms with Crippen LogP contribution in [0.4, 0.5) is 5.69 Å². The monoisotopic (exact) mass is 359 g/mol. The summed E-state index contributed by atoms with van der Waals surface area (Å²) < 4.78 is 0. The summed E-state index contributed by atoms with van der Waals surface area (Å²) in [5.41, 5.74) is 5.78. The molecule has 1 amide bonds. The van der Waals surface area contributed by atoms with E-state index in [1.165, 1.54) is 23.9 Å². The lowest BCUT2D eigenvalue weighted by Crippen LogP contribution is -2.43. The van der Waals surface area contributed by atoms with E-state index in [0.29, 0.717) is 12.5 Å². The standard InChI is InChI=1S/C15H21N3O3S.ClH/c1-10(15(19)17-14-4-2-3-11(14)9-16)22-13-7-5-12(6-8-13)18(20)21;/h5-8,10-11,14H,2-4,9,16H2,1H3,(H,17,19);1H. The van der Waals surface area contributed by atoms with Gasteiger partial charge in [0.1, 0.15) is 0 Å². The van der Waals surface area contributed by atoms with Crippen molar-refractivity contribution in [3.63, 3.8) is 0 Å². The minimum Gasteiger partial charge on any atom is -0.352 e. The van der Waals surface area contributed by atoms with Crippen molar-refractivity contribution in [1.82, 2.24) is 5.32 Å². The molecule has 0 aliphatic heterocycles. The number of carbonyl (C=O) groups excluding carboxylic acids is 1. The van der Waals surface area contributed by atoms with Gasteiger partial charge in [0.05, 0.1) is 10.2 Å². The highest BCUT2D eigenvalue weighted by molar-refractivity contribution is 8.00. The lowest BCUT2D eigenvalue weighted by molar-refractivity contribution is -0.384. The van der Waals surface area contributed by atoms with E-state index >= 15 is 0 Å². The average molecular weight is 360 g/mol. The van der Waals surface area contributed by atoms with E-state index in [1.807, 2.05) is 6.92 Å². The van der Waals surface area contributed by atoms with Crippen molar-refractivity contribution in [1.29, 1.82) is 0 Å². The number of nitro groups is 1. The predicted molar refractivity (Wildman–Crippen MR) is 94.0 cm³/mol. The van der Waals surface area contributed by atoms with E-state index < -0.39 is 4.92 Å². The second-order valence-corrected chi connectivity index (χ2v) is 6.97. The van der Waals surface area contributed by atoms with Crippen molar-refractivity contribution in [2.75, 3.05) is 6.54 Å². The average Bonchev–Trinajstić information content (AvgIpc) is 2.94. The molecular formula is C15H22ClN3O3S. The van der Waals surface area contributed by atoms with Crippen molar-refractivity contribution in [3.05, 3.63) is 34.4 Å².